The average molecular weight is 639 g/mol. The smallest absolute Gasteiger partial charge is 0.0112 e. The molecular formula is C41H82S2. The zero-order chi connectivity index (χ0) is 31.3. The average Bonchev–Trinajstić information content (AvgIpc) is 2.96. The maximum Gasteiger partial charge on any atom is 0.0112 e. The van der Waals surface area contributed by atoms with Gasteiger partial charge in [-0.2, -0.15) is 25.3 Å². The summed E-state index contributed by atoms with van der Waals surface area (Å²) in [6.45, 7) is 7.16. The summed E-state index contributed by atoms with van der Waals surface area (Å²) in [5.41, 5.74) is 0. The van der Waals surface area contributed by atoms with Gasteiger partial charge in [-0.15, -0.1) is 0 Å². The van der Waals surface area contributed by atoms with Crippen molar-refractivity contribution >= 4 is 25.3 Å². The fourth-order valence-electron chi connectivity index (χ4n) is 7.66. The van der Waals surface area contributed by atoms with Gasteiger partial charge in [0.15, 0.2) is 0 Å². The molecular weight excluding hydrogens is 557 g/mol. The Morgan fingerprint density at radius 3 is 0.814 bits per heavy atom. The van der Waals surface area contributed by atoms with Crippen molar-refractivity contribution in [1.82, 2.24) is 0 Å². The first kappa shape index (κ1) is 41.7. The predicted molar refractivity (Wildman–Crippen MR) is 205 cm³/mol. The van der Waals surface area contributed by atoms with E-state index in [4.69, 9.17) is 25.3 Å². The van der Waals surface area contributed by atoms with Gasteiger partial charge in [0.05, 0.1) is 0 Å². The van der Waals surface area contributed by atoms with Crippen molar-refractivity contribution in [3.05, 3.63) is 0 Å². The van der Waals surface area contributed by atoms with E-state index in [2.05, 4.69) is 20.8 Å². The summed E-state index contributed by atoms with van der Waals surface area (Å²) in [5.74, 6) is 1.58. The van der Waals surface area contributed by atoms with E-state index in [-0.39, 0.29) is 4.75 Å². The van der Waals surface area contributed by atoms with Crippen LogP contribution < -0.4 is 0 Å². The van der Waals surface area contributed by atoms with Gasteiger partial charge in [0.2, 0.25) is 0 Å². The standard InChI is InChI=1S/C41H82S2/c1-38-34-30-26-22-18-15-13-11-9-7-5-4-6-8-10-12-14-16-21-25-29-33-37-40(42)39(41(2,3)43)36-32-28-24-20-17-19-23-27-31-35-38/h38-40,42-43H,4-37H2,1-3H3. The Labute approximate surface area is 285 Å². The first-order valence-corrected chi connectivity index (χ1v) is 21.3. The van der Waals surface area contributed by atoms with Gasteiger partial charge >= 0.3 is 0 Å². The molecule has 0 N–H and O–H groups in total. The molecule has 3 atom stereocenters. The molecule has 0 radical (unpaired) electrons. The minimum atomic E-state index is 0.0808. The molecule has 0 saturated heterocycles. The van der Waals surface area contributed by atoms with Gasteiger partial charge in [0, 0.05) is 10.00 Å². The molecule has 0 heterocycles. The third kappa shape index (κ3) is 27.5. The molecule has 258 valence electrons. The topological polar surface area (TPSA) is 0 Å². The van der Waals surface area contributed by atoms with E-state index in [0.29, 0.717) is 11.2 Å². The van der Waals surface area contributed by atoms with Gasteiger partial charge in [-0.3, -0.25) is 0 Å². The van der Waals surface area contributed by atoms with E-state index >= 15 is 0 Å². The summed E-state index contributed by atoms with van der Waals surface area (Å²) in [4.78, 5) is 0. The van der Waals surface area contributed by atoms with Gasteiger partial charge in [-0.25, -0.2) is 0 Å². The van der Waals surface area contributed by atoms with E-state index in [0.717, 1.165) is 5.92 Å². The quantitative estimate of drug-likeness (QED) is 0.262. The third-order valence-electron chi connectivity index (χ3n) is 10.8. The van der Waals surface area contributed by atoms with Gasteiger partial charge in [0.25, 0.3) is 0 Å². The van der Waals surface area contributed by atoms with Gasteiger partial charge in [0.1, 0.15) is 0 Å². The van der Waals surface area contributed by atoms with Gasteiger partial charge in [-0.05, 0) is 24.7 Å². The van der Waals surface area contributed by atoms with Crippen LogP contribution in [0.1, 0.15) is 239 Å². The summed E-state index contributed by atoms with van der Waals surface area (Å²) < 4.78 is 0.0808. The van der Waals surface area contributed by atoms with Crippen LogP contribution in [0.25, 0.3) is 0 Å². The van der Waals surface area contributed by atoms with Crippen molar-refractivity contribution < 1.29 is 0 Å². The molecule has 0 aromatic carbocycles. The highest BCUT2D eigenvalue weighted by molar-refractivity contribution is 7.82. The lowest BCUT2D eigenvalue weighted by Gasteiger charge is -2.34. The second-order valence-corrected chi connectivity index (χ2v) is 17.5. The van der Waals surface area contributed by atoms with Gasteiger partial charge < -0.3 is 0 Å². The second-order valence-electron chi connectivity index (χ2n) is 15.7. The molecule has 1 aliphatic rings. The van der Waals surface area contributed by atoms with Crippen molar-refractivity contribution in [2.45, 2.75) is 249 Å². The number of rotatable bonds is 1. The maximum atomic E-state index is 5.13. The summed E-state index contributed by atoms with van der Waals surface area (Å²) in [5, 5.41) is 0.511. The summed E-state index contributed by atoms with van der Waals surface area (Å²) in [7, 11) is 0. The Hall–Kier alpha value is 0.700. The largest absolute Gasteiger partial charge is 0.176 e. The Bertz CT molecular complexity index is 552. The summed E-state index contributed by atoms with van der Waals surface area (Å²) >= 11 is 10.2. The highest BCUT2D eigenvalue weighted by Crippen LogP contribution is 2.36. The van der Waals surface area contributed by atoms with Crippen LogP contribution in [-0.4, -0.2) is 10.00 Å². The molecule has 43 heavy (non-hydrogen) atoms. The molecule has 1 fully saturated rings. The predicted octanol–water partition coefficient (Wildman–Crippen LogP) is 15.5. The molecule has 0 aliphatic heterocycles. The molecule has 1 aliphatic carbocycles. The fourth-order valence-corrected chi connectivity index (χ4v) is 8.79. The molecule has 0 aromatic rings. The van der Waals surface area contributed by atoms with Crippen LogP contribution in [0.3, 0.4) is 0 Å². The molecule has 0 spiro atoms. The minimum absolute atomic E-state index is 0.0808. The number of hydrogen-bond acceptors (Lipinski definition) is 2. The van der Waals surface area contributed by atoms with Crippen LogP contribution in [0.4, 0.5) is 0 Å². The molecule has 0 aromatic heterocycles. The van der Waals surface area contributed by atoms with Crippen LogP contribution >= 0.6 is 25.3 Å². The van der Waals surface area contributed by atoms with Crippen LogP contribution in [0.2, 0.25) is 0 Å². The Morgan fingerprint density at radius 2 is 0.558 bits per heavy atom. The summed E-state index contributed by atoms with van der Waals surface area (Å²) in [6, 6.07) is 0. The van der Waals surface area contributed by atoms with Crippen LogP contribution in [0.15, 0.2) is 0 Å². The molecule has 1 rings (SSSR count). The van der Waals surface area contributed by atoms with Crippen LogP contribution in [0, 0.1) is 11.8 Å². The lowest BCUT2D eigenvalue weighted by Crippen LogP contribution is -2.32. The Kier molecular flexibility index (Phi) is 29.2. The molecule has 1 saturated carbocycles. The normalized spacial score (nSPS) is 28.0. The highest BCUT2D eigenvalue weighted by Gasteiger charge is 2.30. The van der Waals surface area contributed by atoms with E-state index in [9.17, 15) is 0 Å². The first-order chi connectivity index (χ1) is 20.9. The number of thiol groups is 2. The van der Waals surface area contributed by atoms with Crippen molar-refractivity contribution in [2.24, 2.45) is 11.8 Å². The van der Waals surface area contributed by atoms with E-state index < -0.39 is 0 Å². The van der Waals surface area contributed by atoms with E-state index in [1.54, 1.807) is 0 Å². The third-order valence-corrected chi connectivity index (χ3v) is 11.7. The Balaban J connectivity index is 2.28. The van der Waals surface area contributed by atoms with Gasteiger partial charge in [-0.1, -0.05) is 226 Å². The number of hydrogen-bond donors (Lipinski definition) is 2. The Morgan fingerprint density at radius 1 is 0.349 bits per heavy atom. The molecule has 3 unspecified atom stereocenters. The first-order valence-electron chi connectivity index (χ1n) is 20.3. The lowest BCUT2D eigenvalue weighted by atomic mass is 9.84. The lowest BCUT2D eigenvalue weighted by molar-refractivity contribution is 0.353. The fraction of sp³-hybridized carbons (Fsp3) is 1.00. The van der Waals surface area contributed by atoms with E-state index in [1.807, 2.05) is 0 Å². The maximum absolute atomic E-state index is 5.13. The zero-order valence-electron chi connectivity index (χ0n) is 30.2. The van der Waals surface area contributed by atoms with Crippen LogP contribution in [0.5, 0.6) is 0 Å². The molecule has 0 amide bonds. The molecule has 0 nitrogen and oxygen atoms in total. The van der Waals surface area contributed by atoms with E-state index in [1.165, 1.54) is 218 Å². The highest BCUT2D eigenvalue weighted by atomic mass is 32.1. The zero-order valence-corrected chi connectivity index (χ0v) is 32.0. The minimum Gasteiger partial charge on any atom is -0.176 e. The van der Waals surface area contributed by atoms with Crippen LogP contribution in [-0.2, 0) is 0 Å². The SMILES string of the molecule is CC1CCCCCCCCCCCCCCCCCCCCCCCC(S)C(C(C)(C)S)CCCCCCCCCCC1. The second kappa shape index (κ2) is 30.1. The molecule has 2 heteroatoms. The van der Waals surface area contributed by atoms with Crippen molar-refractivity contribution in [3.8, 4) is 0 Å². The van der Waals surface area contributed by atoms with Crippen molar-refractivity contribution in [2.75, 3.05) is 0 Å². The summed E-state index contributed by atoms with van der Waals surface area (Å²) in [6.07, 6.45) is 49.2. The monoisotopic (exact) mass is 639 g/mol. The van der Waals surface area contributed by atoms with Crippen molar-refractivity contribution in [3.63, 3.8) is 0 Å². The van der Waals surface area contributed by atoms with Crippen molar-refractivity contribution in [1.29, 1.82) is 0 Å². The molecule has 0 bridgehead atoms.